The number of benzene rings is 1. The van der Waals surface area contributed by atoms with E-state index in [1.807, 2.05) is 11.8 Å². The molecule has 27 heavy (non-hydrogen) atoms. The molecule has 0 spiro atoms. The summed E-state index contributed by atoms with van der Waals surface area (Å²) < 4.78 is 12.0. The number of nitrogens with zero attached hydrogens (tertiary/aromatic N) is 2. The Hall–Kier alpha value is -0.200. The Morgan fingerprint density at radius 3 is 2.22 bits per heavy atom. The van der Waals surface area contributed by atoms with E-state index in [1.165, 1.54) is 4.90 Å². The van der Waals surface area contributed by atoms with Crippen molar-refractivity contribution in [2.75, 3.05) is 64.6 Å². The van der Waals surface area contributed by atoms with E-state index >= 15 is 0 Å². The Morgan fingerprint density at radius 1 is 1.04 bits per heavy atom. The molecule has 0 amide bonds. The fourth-order valence-electron chi connectivity index (χ4n) is 3.47. The third-order valence-corrected chi connectivity index (χ3v) is 8.92. The van der Waals surface area contributed by atoms with Gasteiger partial charge in [-0.2, -0.15) is 0 Å². The molecular weight excluding hydrogens is 377 g/mol. The van der Waals surface area contributed by atoms with Gasteiger partial charge in [0.05, 0.1) is 0 Å². The van der Waals surface area contributed by atoms with Gasteiger partial charge in [0.1, 0.15) is 0 Å². The van der Waals surface area contributed by atoms with Crippen LogP contribution < -0.4 is 5.73 Å². The minimum atomic E-state index is -2.05. The molecule has 1 aromatic carbocycles. The van der Waals surface area contributed by atoms with Gasteiger partial charge in [-0.3, -0.25) is 0 Å². The molecule has 7 heteroatoms. The Balaban J connectivity index is 1.63. The predicted molar refractivity (Wildman–Crippen MR) is 120 cm³/mol. The van der Waals surface area contributed by atoms with Crippen LogP contribution in [0.25, 0.3) is 0 Å². The van der Waals surface area contributed by atoms with Gasteiger partial charge in [-0.25, -0.2) is 0 Å². The van der Waals surface area contributed by atoms with Gasteiger partial charge in [-0.1, -0.05) is 18.2 Å². The topological polar surface area (TPSA) is 51.0 Å². The number of hydrogen-bond acceptors (Lipinski definition) is 6. The Kier molecular flexibility index (Phi) is 10.6. The van der Waals surface area contributed by atoms with Crippen molar-refractivity contribution in [3.63, 3.8) is 0 Å². The summed E-state index contributed by atoms with van der Waals surface area (Å²) in [4.78, 5) is 6.36. The van der Waals surface area contributed by atoms with Crippen LogP contribution in [0.2, 0.25) is 0 Å². The number of rotatable bonds is 12. The molecule has 1 saturated heterocycles. The van der Waals surface area contributed by atoms with E-state index < -0.39 is 7.72 Å². The standard InChI is InChI=1S/C20H38N3O2PS/c1-4-24-26(3,25-5-2)18-23-15-13-22(14-16-23)12-11-19(21)17-27-20-9-7-6-8-10-20/h6-10,19,26H,4-5,11-18,21H2,1-3H3/t19-/m1/s1. The van der Waals surface area contributed by atoms with Crippen molar-refractivity contribution < 1.29 is 9.05 Å². The maximum absolute atomic E-state index is 6.33. The van der Waals surface area contributed by atoms with Gasteiger partial charge >= 0.3 is 152 Å². The van der Waals surface area contributed by atoms with Crippen molar-refractivity contribution in [1.29, 1.82) is 0 Å². The molecule has 0 unspecified atom stereocenters. The Bertz CT molecular complexity index is 509. The van der Waals surface area contributed by atoms with E-state index in [2.05, 4.69) is 60.6 Å². The molecule has 0 saturated carbocycles. The van der Waals surface area contributed by atoms with E-state index in [0.717, 1.165) is 64.4 Å². The predicted octanol–water partition coefficient (Wildman–Crippen LogP) is 3.35. The van der Waals surface area contributed by atoms with Crippen LogP contribution in [-0.4, -0.2) is 80.5 Å². The molecule has 0 aromatic heterocycles. The summed E-state index contributed by atoms with van der Waals surface area (Å²) in [6.45, 7) is 13.3. The molecule has 1 aromatic rings. The van der Waals surface area contributed by atoms with Crippen LogP contribution in [0.3, 0.4) is 0 Å². The van der Waals surface area contributed by atoms with Gasteiger partial charge in [0.2, 0.25) is 0 Å². The molecular formula is C20H38N3O2PS. The van der Waals surface area contributed by atoms with Gasteiger partial charge in [-0.15, -0.1) is 0 Å². The second-order valence-corrected chi connectivity index (χ2v) is 11.5. The molecule has 156 valence electrons. The number of nitrogens with two attached hydrogens (primary N) is 1. The number of thioether (sulfide) groups is 1. The summed E-state index contributed by atoms with van der Waals surface area (Å²) in [5.74, 6) is 0.983. The molecule has 0 bridgehead atoms. The van der Waals surface area contributed by atoms with Crippen LogP contribution >= 0.6 is 19.5 Å². The average molecular weight is 416 g/mol. The molecule has 1 atom stereocenters. The zero-order valence-corrected chi connectivity index (χ0v) is 19.0. The van der Waals surface area contributed by atoms with Crippen LogP contribution in [0, 0.1) is 0 Å². The molecule has 2 rings (SSSR count). The van der Waals surface area contributed by atoms with E-state index in [0.29, 0.717) is 0 Å². The third kappa shape index (κ3) is 8.78. The fourth-order valence-corrected chi connectivity index (χ4v) is 7.01. The summed E-state index contributed by atoms with van der Waals surface area (Å²) in [5.41, 5.74) is 6.33. The summed E-state index contributed by atoms with van der Waals surface area (Å²) >= 11 is 1.86. The van der Waals surface area contributed by atoms with E-state index in [-0.39, 0.29) is 6.04 Å². The van der Waals surface area contributed by atoms with Crippen molar-refractivity contribution >= 4 is 19.5 Å². The van der Waals surface area contributed by atoms with Crippen LogP contribution in [0.4, 0.5) is 0 Å². The van der Waals surface area contributed by atoms with Crippen molar-refractivity contribution in [3.8, 4) is 0 Å². The molecule has 1 aliphatic rings. The van der Waals surface area contributed by atoms with Crippen molar-refractivity contribution in [2.45, 2.75) is 31.2 Å². The van der Waals surface area contributed by atoms with Gasteiger partial charge < -0.3 is 0 Å². The van der Waals surface area contributed by atoms with Gasteiger partial charge in [0, 0.05) is 0 Å². The van der Waals surface area contributed by atoms with Crippen LogP contribution in [-0.2, 0) is 9.05 Å². The van der Waals surface area contributed by atoms with Crippen LogP contribution in [0.15, 0.2) is 35.2 Å². The minimum absolute atomic E-state index is 0.250. The van der Waals surface area contributed by atoms with E-state index in [4.69, 9.17) is 14.8 Å². The third-order valence-electron chi connectivity index (χ3n) is 4.90. The SMILES string of the molecule is CCO[PH](C)(CN1CCN(CC[C@@H](N)CSc2ccccc2)CC1)OCC. The second kappa shape index (κ2) is 12.4. The summed E-state index contributed by atoms with van der Waals surface area (Å²) in [7, 11) is -2.05. The maximum atomic E-state index is 6.33. The quantitative estimate of drug-likeness (QED) is 0.417. The average Bonchev–Trinajstić information content (AvgIpc) is 2.67. The summed E-state index contributed by atoms with van der Waals surface area (Å²) in [6.07, 6.45) is 2.03. The molecule has 0 aliphatic carbocycles. The Morgan fingerprint density at radius 2 is 1.63 bits per heavy atom. The summed E-state index contributed by atoms with van der Waals surface area (Å²) in [6, 6.07) is 10.8. The van der Waals surface area contributed by atoms with Crippen LogP contribution in [0.5, 0.6) is 0 Å². The molecule has 1 aliphatic heterocycles. The monoisotopic (exact) mass is 415 g/mol. The first-order valence-electron chi connectivity index (χ1n) is 10.2. The normalized spacial score (nSPS) is 18.5. The number of hydrogen-bond donors (Lipinski definition) is 1. The van der Waals surface area contributed by atoms with Crippen molar-refractivity contribution in [3.05, 3.63) is 30.3 Å². The fraction of sp³-hybridized carbons (Fsp3) is 0.700. The van der Waals surface area contributed by atoms with Crippen molar-refractivity contribution in [2.24, 2.45) is 5.73 Å². The molecule has 1 fully saturated rings. The van der Waals surface area contributed by atoms with Crippen molar-refractivity contribution in [1.82, 2.24) is 9.80 Å². The zero-order chi connectivity index (χ0) is 19.5. The zero-order valence-electron chi connectivity index (χ0n) is 17.2. The van der Waals surface area contributed by atoms with E-state index in [1.54, 1.807) is 0 Å². The van der Waals surface area contributed by atoms with E-state index in [9.17, 15) is 0 Å². The van der Waals surface area contributed by atoms with Gasteiger partial charge in [0.15, 0.2) is 0 Å². The molecule has 1 heterocycles. The Labute approximate surface area is 170 Å². The van der Waals surface area contributed by atoms with Gasteiger partial charge in [0.25, 0.3) is 0 Å². The molecule has 0 radical (unpaired) electrons. The first-order chi connectivity index (χ1) is 13.0. The first kappa shape index (κ1) is 23.1. The van der Waals surface area contributed by atoms with Crippen LogP contribution in [0.1, 0.15) is 20.3 Å². The molecule has 5 nitrogen and oxygen atoms in total. The van der Waals surface area contributed by atoms with Gasteiger partial charge in [-0.05, 0) is 0 Å². The molecule has 2 N–H and O–H groups in total. The first-order valence-corrected chi connectivity index (χ1v) is 13.7. The second-order valence-electron chi connectivity index (χ2n) is 7.29. The summed E-state index contributed by atoms with van der Waals surface area (Å²) in [5, 5.41) is 0. The number of piperazine rings is 1.